The Hall–Kier alpha value is -1.35. The van der Waals surface area contributed by atoms with Crippen LogP contribution >= 0.6 is 11.3 Å². The molecule has 0 spiro atoms. The third kappa shape index (κ3) is 1.51. The fourth-order valence-electron chi connectivity index (χ4n) is 1.34. The Morgan fingerprint density at radius 1 is 1.21 bits per heavy atom. The maximum atomic E-state index is 5.78. The summed E-state index contributed by atoms with van der Waals surface area (Å²) in [5.74, 6) is 0. The van der Waals surface area contributed by atoms with Crippen molar-refractivity contribution in [2.45, 2.75) is 13.8 Å². The minimum atomic E-state index is 0.809. The van der Waals surface area contributed by atoms with Crippen molar-refractivity contribution in [1.29, 1.82) is 0 Å². The second-order valence-electron chi connectivity index (χ2n) is 3.28. The summed E-state index contributed by atoms with van der Waals surface area (Å²) in [5, 5.41) is 1.82. The lowest BCUT2D eigenvalue weighted by atomic mass is 10.1. The first-order chi connectivity index (χ1) is 6.68. The molecule has 0 atom stereocenters. The van der Waals surface area contributed by atoms with Crippen molar-refractivity contribution in [2.24, 2.45) is 0 Å². The van der Waals surface area contributed by atoms with E-state index < -0.39 is 0 Å². The van der Waals surface area contributed by atoms with E-state index in [0.717, 1.165) is 15.7 Å². The van der Waals surface area contributed by atoms with E-state index in [1.54, 1.807) is 11.3 Å². The molecule has 0 amide bonds. The Labute approximate surface area is 87.4 Å². The van der Waals surface area contributed by atoms with Crippen LogP contribution in [0.1, 0.15) is 11.3 Å². The number of aryl methyl sites for hydroxylation is 2. The molecule has 0 aliphatic carbocycles. The molecule has 72 valence electrons. The lowest BCUT2D eigenvalue weighted by molar-refractivity contribution is 1.26. The second-order valence-corrected chi connectivity index (χ2v) is 4.31. The van der Waals surface area contributed by atoms with Crippen LogP contribution in [0.15, 0.2) is 24.3 Å². The number of hydrogen-bond donors (Lipinski definition) is 1. The van der Waals surface area contributed by atoms with Crippen LogP contribution in [0.2, 0.25) is 0 Å². The van der Waals surface area contributed by atoms with E-state index in [2.05, 4.69) is 24.0 Å². The highest BCUT2D eigenvalue weighted by Crippen LogP contribution is 2.31. The number of thiazole rings is 1. The summed E-state index contributed by atoms with van der Waals surface area (Å²) >= 11 is 1.55. The summed E-state index contributed by atoms with van der Waals surface area (Å²) in [6, 6.07) is 8.22. The molecule has 0 bridgehead atoms. The van der Waals surface area contributed by atoms with Gasteiger partial charge in [-0.15, -0.1) is 0 Å². The van der Waals surface area contributed by atoms with Crippen LogP contribution in [0.3, 0.4) is 0 Å². The highest BCUT2D eigenvalue weighted by Gasteiger charge is 2.07. The fourth-order valence-corrected chi connectivity index (χ4v) is 2.26. The van der Waals surface area contributed by atoms with Crippen LogP contribution in [-0.2, 0) is 0 Å². The van der Waals surface area contributed by atoms with Gasteiger partial charge in [0.05, 0.1) is 5.69 Å². The summed E-state index contributed by atoms with van der Waals surface area (Å²) in [4.78, 5) is 4.43. The summed E-state index contributed by atoms with van der Waals surface area (Å²) in [7, 11) is 0. The van der Waals surface area contributed by atoms with Gasteiger partial charge in [-0.2, -0.15) is 0 Å². The predicted molar refractivity (Wildman–Crippen MR) is 61.4 cm³/mol. The maximum absolute atomic E-state index is 5.78. The Morgan fingerprint density at radius 2 is 1.93 bits per heavy atom. The van der Waals surface area contributed by atoms with Gasteiger partial charge in [0.2, 0.25) is 0 Å². The van der Waals surface area contributed by atoms with Crippen LogP contribution in [-0.4, -0.2) is 4.98 Å². The van der Waals surface area contributed by atoms with E-state index in [1.165, 1.54) is 11.1 Å². The monoisotopic (exact) mass is 204 g/mol. The van der Waals surface area contributed by atoms with Gasteiger partial charge < -0.3 is 5.73 Å². The molecule has 2 rings (SSSR count). The van der Waals surface area contributed by atoms with E-state index in [9.17, 15) is 0 Å². The first-order valence-corrected chi connectivity index (χ1v) is 5.29. The van der Waals surface area contributed by atoms with Gasteiger partial charge >= 0.3 is 0 Å². The van der Waals surface area contributed by atoms with Gasteiger partial charge in [-0.3, -0.25) is 0 Å². The number of hydrogen-bond acceptors (Lipinski definition) is 3. The van der Waals surface area contributed by atoms with Gasteiger partial charge in [-0.1, -0.05) is 35.6 Å². The normalized spacial score (nSPS) is 10.4. The molecular weight excluding hydrogens is 192 g/mol. The van der Waals surface area contributed by atoms with Gasteiger partial charge in [-0.25, -0.2) is 4.98 Å². The third-order valence-electron chi connectivity index (χ3n) is 2.21. The van der Waals surface area contributed by atoms with E-state index >= 15 is 0 Å². The van der Waals surface area contributed by atoms with Crippen molar-refractivity contribution in [3.63, 3.8) is 0 Å². The number of anilines is 1. The largest absolute Gasteiger partial charge is 0.389 e. The molecule has 14 heavy (non-hydrogen) atoms. The first-order valence-electron chi connectivity index (χ1n) is 4.47. The molecule has 2 nitrogen and oxygen atoms in total. The van der Waals surface area contributed by atoms with E-state index in [4.69, 9.17) is 5.73 Å². The molecule has 1 aromatic carbocycles. The topological polar surface area (TPSA) is 38.9 Å². The maximum Gasteiger partial charge on any atom is 0.125 e. The average molecular weight is 204 g/mol. The minimum Gasteiger partial charge on any atom is -0.389 e. The molecule has 0 radical (unpaired) electrons. The van der Waals surface area contributed by atoms with Gasteiger partial charge in [0.25, 0.3) is 0 Å². The molecule has 2 aromatic rings. The van der Waals surface area contributed by atoms with Crippen LogP contribution in [0.5, 0.6) is 0 Å². The summed E-state index contributed by atoms with van der Waals surface area (Å²) in [6.07, 6.45) is 0. The van der Waals surface area contributed by atoms with E-state index in [0.29, 0.717) is 0 Å². The van der Waals surface area contributed by atoms with Crippen molar-refractivity contribution in [1.82, 2.24) is 4.98 Å². The average Bonchev–Trinajstić information content (AvgIpc) is 2.48. The standard InChI is InChI=1S/C11H12N2S/c1-7-5-3-4-6-9(7)11-13-8(2)10(12)14-11/h3-6H,12H2,1-2H3. The number of aromatic nitrogens is 1. The van der Waals surface area contributed by atoms with Gasteiger partial charge in [-0.05, 0) is 19.4 Å². The quantitative estimate of drug-likeness (QED) is 0.775. The highest BCUT2D eigenvalue weighted by molar-refractivity contribution is 7.18. The second kappa shape index (κ2) is 3.42. The first kappa shape index (κ1) is 9.21. The number of rotatable bonds is 1. The Balaban J connectivity index is 2.55. The lowest BCUT2D eigenvalue weighted by Gasteiger charge is -1.99. The summed E-state index contributed by atoms with van der Waals surface area (Å²) in [6.45, 7) is 4.02. The Bertz CT molecular complexity index is 441. The fraction of sp³-hybridized carbons (Fsp3) is 0.182. The van der Waals surface area contributed by atoms with Crippen LogP contribution in [0.4, 0.5) is 5.00 Å². The molecule has 0 saturated heterocycles. The van der Waals surface area contributed by atoms with Crippen LogP contribution in [0.25, 0.3) is 10.6 Å². The molecule has 0 fully saturated rings. The molecule has 1 heterocycles. The molecule has 0 aliphatic heterocycles. The molecule has 0 unspecified atom stereocenters. The number of nitrogens with zero attached hydrogens (tertiary/aromatic N) is 1. The van der Waals surface area contributed by atoms with E-state index in [-0.39, 0.29) is 0 Å². The van der Waals surface area contributed by atoms with Crippen molar-refractivity contribution >= 4 is 16.3 Å². The molecule has 3 heteroatoms. The van der Waals surface area contributed by atoms with Crippen molar-refractivity contribution in [3.05, 3.63) is 35.5 Å². The predicted octanol–water partition coefficient (Wildman–Crippen LogP) is 3.01. The smallest absolute Gasteiger partial charge is 0.125 e. The van der Waals surface area contributed by atoms with Crippen molar-refractivity contribution in [2.75, 3.05) is 5.73 Å². The van der Waals surface area contributed by atoms with Crippen LogP contribution < -0.4 is 5.73 Å². The number of nitrogens with two attached hydrogens (primary N) is 1. The number of nitrogen functional groups attached to an aromatic ring is 1. The number of benzene rings is 1. The van der Waals surface area contributed by atoms with Crippen molar-refractivity contribution in [3.8, 4) is 10.6 Å². The van der Waals surface area contributed by atoms with Crippen molar-refractivity contribution < 1.29 is 0 Å². The van der Waals surface area contributed by atoms with Gasteiger partial charge in [0.1, 0.15) is 10.0 Å². The van der Waals surface area contributed by atoms with Gasteiger partial charge in [0, 0.05) is 5.56 Å². The molecule has 0 aliphatic rings. The zero-order valence-corrected chi connectivity index (χ0v) is 9.06. The van der Waals surface area contributed by atoms with Crippen LogP contribution in [0, 0.1) is 13.8 Å². The minimum absolute atomic E-state index is 0.809. The van der Waals surface area contributed by atoms with E-state index in [1.807, 2.05) is 19.1 Å². The highest BCUT2D eigenvalue weighted by atomic mass is 32.1. The summed E-state index contributed by atoms with van der Waals surface area (Å²) in [5.41, 5.74) is 9.12. The molecule has 0 saturated carbocycles. The Morgan fingerprint density at radius 3 is 2.50 bits per heavy atom. The molecule has 1 aromatic heterocycles. The molecular formula is C11H12N2S. The van der Waals surface area contributed by atoms with Gasteiger partial charge in [0.15, 0.2) is 0 Å². The lowest BCUT2D eigenvalue weighted by Crippen LogP contribution is -1.82. The SMILES string of the molecule is Cc1ccccc1-c1nc(C)c(N)s1. The zero-order valence-electron chi connectivity index (χ0n) is 8.24. The molecule has 2 N–H and O–H groups in total. The third-order valence-corrected chi connectivity index (χ3v) is 3.23. The summed E-state index contributed by atoms with van der Waals surface area (Å²) < 4.78 is 0. The Kier molecular flexibility index (Phi) is 2.25. The zero-order chi connectivity index (χ0) is 10.1.